The third kappa shape index (κ3) is 3.82. The van der Waals surface area contributed by atoms with Crippen LogP contribution in [0.1, 0.15) is 29.4 Å². The van der Waals surface area contributed by atoms with Crippen LogP contribution in [-0.2, 0) is 10.3 Å². The van der Waals surface area contributed by atoms with Gasteiger partial charge in [-0.3, -0.25) is 14.5 Å². The van der Waals surface area contributed by atoms with Gasteiger partial charge in [-0.1, -0.05) is 0 Å². The number of carbonyl (C=O) groups excluding carboxylic acids is 2. The van der Waals surface area contributed by atoms with Crippen LogP contribution in [0.5, 0.6) is 0 Å². The van der Waals surface area contributed by atoms with Crippen molar-refractivity contribution in [2.24, 2.45) is 10.7 Å². The Balaban J connectivity index is 1.57. The zero-order valence-corrected chi connectivity index (χ0v) is 16.7. The standard InChI is InChI=1S/C19H18FN9O2/c1-19(6-16(30)28(2)18(21)27-19)12-5-11(3-4-13(12)20)26-17(31)14-7-24-15(8-23-14)29-10-22-9-25-29/h3-5,7-10H,6H2,1-2H3,(H2,21,27)(H,26,31). The Hall–Kier alpha value is -4.22. The van der Waals surface area contributed by atoms with Crippen LogP contribution in [-0.4, -0.2) is 54.5 Å². The number of hydrogen-bond donors (Lipinski definition) is 2. The maximum absolute atomic E-state index is 14.6. The minimum absolute atomic E-state index is 0.00432. The molecule has 2 amide bonds. The molecule has 0 saturated heterocycles. The van der Waals surface area contributed by atoms with Crippen LogP contribution in [0.3, 0.4) is 0 Å². The van der Waals surface area contributed by atoms with E-state index in [4.69, 9.17) is 5.73 Å². The van der Waals surface area contributed by atoms with Crippen LogP contribution in [0, 0.1) is 5.82 Å². The molecule has 0 radical (unpaired) electrons. The number of aliphatic imine (C=N–C) groups is 1. The fraction of sp³-hybridized carbons (Fsp3) is 0.211. The summed E-state index contributed by atoms with van der Waals surface area (Å²) in [6.45, 7) is 1.61. The quantitative estimate of drug-likeness (QED) is 0.633. The normalized spacial score (nSPS) is 18.6. The third-order valence-electron chi connectivity index (χ3n) is 4.90. The van der Waals surface area contributed by atoms with Crippen molar-refractivity contribution in [3.05, 3.63) is 60.3 Å². The zero-order chi connectivity index (χ0) is 22.2. The summed E-state index contributed by atoms with van der Waals surface area (Å²) in [6.07, 6.45) is 5.41. The molecule has 1 aliphatic rings. The van der Waals surface area contributed by atoms with E-state index >= 15 is 0 Å². The van der Waals surface area contributed by atoms with Gasteiger partial charge >= 0.3 is 0 Å². The van der Waals surface area contributed by atoms with Gasteiger partial charge in [-0.2, -0.15) is 5.10 Å². The van der Waals surface area contributed by atoms with Crippen LogP contribution in [0.25, 0.3) is 5.82 Å². The summed E-state index contributed by atoms with van der Waals surface area (Å²) >= 11 is 0. The van der Waals surface area contributed by atoms with E-state index in [1.165, 1.54) is 59.9 Å². The van der Waals surface area contributed by atoms with E-state index in [-0.39, 0.29) is 29.5 Å². The van der Waals surface area contributed by atoms with Crippen molar-refractivity contribution >= 4 is 23.5 Å². The SMILES string of the molecule is CN1C(=O)CC(C)(c2cc(NC(=O)c3cnc(-n4cncn4)cn3)ccc2F)N=C1N. The second-order valence-corrected chi connectivity index (χ2v) is 7.12. The summed E-state index contributed by atoms with van der Waals surface area (Å²) in [5, 5.41) is 6.58. The molecule has 158 valence electrons. The number of halogens is 1. The average molecular weight is 423 g/mol. The first-order chi connectivity index (χ1) is 14.8. The van der Waals surface area contributed by atoms with Crippen LogP contribution >= 0.6 is 0 Å². The van der Waals surface area contributed by atoms with Gasteiger partial charge < -0.3 is 11.1 Å². The van der Waals surface area contributed by atoms with Crippen LogP contribution in [0.15, 0.2) is 48.2 Å². The van der Waals surface area contributed by atoms with Gasteiger partial charge in [0.25, 0.3) is 5.91 Å². The number of guanidine groups is 1. The number of amides is 2. The minimum atomic E-state index is -1.20. The molecule has 0 bridgehead atoms. The molecule has 2 aromatic heterocycles. The molecule has 0 spiro atoms. The highest BCUT2D eigenvalue weighted by Crippen LogP contribution is 2.35. The lowest BCUT2D eigenvalue weighted by Gasteiger charge is -2.34. The van der Waals surface area contributed by atoms with Gasteiger partial charge in [0.2, 0.25) is 5.91 Å². The summed E-state index contributed by atoms with van der Waals surface area (Å²) in [4.78, 5) is 42.3. The Morgan fingerprint density at radius 3 is 2.74 bits per heavy atom. The molecule has 1 aliphatic heterocycles. The molecule has 4 rings (SSSR count). The Morgan fingerprint density at radius 2 is 2.10 bits per heavy atom. The molecule has 11 nitrogen and oxygen atoms in total. The molecular formula is C19H18FN9O2. The molecule has 3 aromatic rings. The molecule has 1 unspecified atom stereocenters. The summed E-state index contributed by atoms with van der Waals surface area (Å²) < 4.78 is 16.0. The Labute approximate surface area is 175 Å². The lowest BCUT2D eigenvalue weighted by atomic mass is 9.87. The van der Waals surface area contributed by atoms with Gasteiger partial charge in [-0.05, 0) is 25.1 Å². The van der Waals surface area contributed by atoms with E-state index in [0.717, 1.165) is 0 Å². The highest BCUT2D eigenvalue weighted by Gasteiger charge is 2.38. The lowest BCUT2D eigenvalue weighted by molar-refractivity contribution is -0.128. The highest BCUT2D eigenvalue weighted by molar-refractivity contribution is 6.03. The molecule has 1 aromatic carbocycles. The molecule has 3 N–H and O–H groups in total. The minimum Gasteiger partial charge on any atom is -0.369 e. The van der Waals surface area contributed by atoms with E-state index in [1.54, 1.807) is 6.92 Å². The van der Waals surface area contributed by atoms with E-state index in [1.807, 2.05) is 0 Å². The van der Waals surface area contributed by atoms with Gasteiger partial charge in [-0.25, -0.2) is 29.0 Å². The molecule has 0 fully saturated rings. The van der Waals surface area contributed by atoms with Gasteiger partial charge in [0.15, 0.2) is 11.8 Å². The molecule has 1 atom stereocenters. The zero-order valence-electron chi connectivity index (χ0n) is 16.7. The summed E-state index contributed by atoms with van der Waals surface area (Å²) in [7, 11) is 1.50. The van der Waals surface area contributed by atoms with Gasteiger partial charge in [0, 0.05) is 18.3 Å². The fourth-order valence-electron chi connectivity index (χ4n) is 3.16. The predicted octanol–water partition coefficient (Wildman–Crippen LogP) is 0.841. The highest BCUT2D eigenvalue weighted by atomic mass is 19.1. The molecule has 31 heavy (non-hydrogen) atoms. The summed E-state index contributed by atoms with van der Waals surface area (Å²) in [5.41, 5.74) is 5.12. The fourth-order valence-corrected chi connectivity index (χ4v) is 3.16. The van der Waals surface area contributed by atoms with E-state index in [9.17, 15) is 14.0 Å². The first-order valence-electron chi connectivity index (χ1n) is 9.17. The Bertz CT molecular complexity index is 1180. The molecule has 0 saturated carbocycles. The van der Waals surface area contributed by atoms with Crippen molar-refractivity contribution in [2.75, 3.05) is 12.4 Å². The second-order valence-electron chi connectivity index (χ2n) is 7.12. The monoisotopic (exact) mass is 423 g/mol. The number of aromatic nitrogens is 5. The number of carbonyl (C=O) groups is 2. The number of hydrogen-bond acceptors (Lipinski definition) is 8. The number of rotatable bonds is 4. The molecule has 3 heterocycles. The van der Waals surface area contributed by atoms with Crippen molar-refractivity contribution in [3.63, 3.8) is 0 Å². The van der Waals surface area contributed by atoms with Crippen molar-refractivity contribution in [3.8, 4) is 5.82 Å². The first kappa shape index (κ1) is 20.1. The number of nitrogens with zero attached hydrogens (tertiary/aromatic N) is 7. The van der Waals surface area contributed by atoms with Gasteiger partial charge in [-0.15, -0.1) is 0 Å². The largest absolute Gasteiger partial charge is 0.369 e. The van der Waals surface area contributed by atoms with Gasteiger partial charge in [0.1, 0.15) is 24.2 Å². The van der Waals surface area contributed by atoms with Gasteiger partial charge in [0.05, 0.1) is 24.4 Å². The average Bonchev–Trinajstić information content (AvgIpc) is 3.28. The van der Waals surface area contributed by atoms with Crippen molar-refractivity contribution in [1.82, 2.24) is 29.6 Å². The van der Waals surface area contributed by atoms with Crippen molar-refractivity contribution in [1.29, 1.82) is 0 Å². The predicted molar refractivity (Wildman–Crippen MR) is 108 cm³/mol. The van der Waals surface area contributed by atoms with Crippen molar-refractivity contribution in [2.45, 2.75) is 18.9 Å². The van der Waals surface area contributed by atoms with Crippen LogP contribution in [0.4, 0.5) is 10.1 Å². The van der Waals surface area contributed by atoms with Crippen molar-refractivity contribution < 1.29 is 14.0 Å². The van der Waals surface area contributed by atoms with E-state index < -0.39 is 17.3 Å². The number of nitrogens with one attached hydrogen (secondary N) is 1. The summed E-state index contributed by atoms with van der Waals surface area (Å²) in [5.74, 6) is -0.996. The maximum Gasteiger partial charge on any atom is 0.275 e. The topological polar surface area (TPSA) is 144 Å². The number of benzene rings is 1. The molecule has 0 aliphatic carbocycles. The Kier molecular flexibility index (Phi) is 4.89. The maximum atomic E-state index is 14.6. The Morgan fingerprint density at radius 1 is 1.29 bits per heavy atom. The van der Waals surface area contributed by atoms with E-state index in [0.29, 0.717) is 11.5 Å². The number of anilines is 1. The molecule has 12 heteroatoms. The number of nitrogens with two attached hydrogens (primary N) is 1. The van der Waals surface area contributed by atoms with Crippen LogP contribution < -0.4 is 11.1 Å². The first-order valence-corrected chi connectivity index (χ1v) is 9.17. The smallest absolute Gasteiger partial charge is 0.275 e. The van der Waals surface area contributed by atoms with E-state index in [2.05, 4.69) is 30.4 Å². The third-order valence-corrected chi connectivity index (χ3v) is 4.90. The lowest BCUT2D eigenvalue weighted by Crippen LogP contribution is -2.47. The molecular weight excluding hydrogens is 405 g/mol. The van der Waals surface area contributed by atoms with Crippen LogP contribution in [0.2, 0.25) is 0 Å². The summed E-state index contributed by atoms with van der Waals surface area (Å²) in [6, 6.07) is 4.03. The second kappa shape index (κ2) is 7.55.